The Bertz CT molecular complexity index is 986. The van der Waals surface area contributed by atoms with Gasteiger partial charge in [0.2, 0.25) is 11.8 Å². The minimum absolute atomic E-state index is 0.00252. The quantitative estimate of drug-likeness (QED) is 0.583. The molecule has 0 bridgehead atoms. The van der Waals surface area contributed by atoms with Crippen molar-refractivity contribution >= 4 is 17.8 Å². The zero-order chi connectivity index (χ0) is 22.7. The van der Waals surface area contributed by atoms with Crippen LogP contribution >= 0.6 is 0 Å². The monoisotopic (exact) mass is 440 g/mol. The van der Waals surface area contributed by atoms with Crippen LogP contribution in [0.15, 0.2) is 36.4 Å². The topological polar surface area (TPSA) is 94.0 Å². The van der Waals surface area contributed by atoms with Crippen LogP contribution in [0.4, 0.5) is 0 Å². The fraction of sp³-hybridized carbons (Fsp3) is 0.478. The average molecular weight is 441 g/mol. The number of amides is 2. The number of hydrogen-bond donors (Lipinski definition) is 0. The third-order valence-electron chi connectivity index (χ3n) is 5.81. The molecule has 1 saturated carbocycles. The van der Waals surface area contributed by atoms with Crippen molar-refractivity contribution in [1.29, 1.82) is 0 Å². The van der Waals surface area contributed by atoms with Crippen LogP contribution in [-0.2, 0) is 14.3 Å². The summed E-state index contributed by atoms with van der Waals surface area (Å²) in [5, 5.41) is 4.30. The highest BCUT2D eigenvalue weighted by Crippen LogP contribution is 2.29. The molecule has 2 aliphatic rings. The Kier molecular flexibility index (Phi) is 6.43. The van der Waals surface area contributed by atoms with Crippen molar-refractivity contribution in [2.45, 2.75) is 44.7 Å². The molecule has 1 aromatic carbocycles. The summed E-state index contributed by atoms with van der Waals surface area (Å²) in [5.74, 6) is -0.572. The molecular formula is C23H28N4O5. The van der Waals surface area contributed by atoms with Gasteiger partial charge in [0.05, 0.1) is 12.3 Å². The van der Waals surface area contributed by atoms with E-state index in [0.717, 1.165) is 19.3 Å². The van der Waals surface area contributed by atoms with Gasteiger partial charge in [0.15, 0.2) is 12.3 Å². The lowest BCUT2D eigenvalue weighted by molar-refractivity contribution is -0.144. The molecule has 2 aromatic rings. The normalized spacial score (nSPS) is 17.8. The lowest BCUT2D eigenvalue weighted by atomic mass is 10.2. The second-order valence-electron chi connectivity index (χ2n) is 8.05. The number of para-hydroxylation sites is 1. The summed E-state index contributed by atoms with van der Waals surface area (Å²) in [4.78, 5) is 41.3. The molecule has 4 rings (SSSR count). The van der Waals surface area contributed by atoms with E-state index < -0.39 is 12.0 Å². The van der Waals surface area contributed by atoms with Gasteiger partial charge in [-0.25, -0.2) is 9.48 Å². The molecule has 170 valence electrons. The number of aromatic nitrogens is 2. The molecule has 9 heteroatoms. The van der Waals surface area contributed by atoms with Gasteiger partial charge in [-0.3, -0.25) is 9.59 Å². The Balaban J connectivity index is 1.48. The van der Waals surface area contributed by atoms with Gasteiger partial charge < -0.3 is 19.3 Å². The highest BCUT2D eigenvalue weighted by Gasteiger charge is 2.39. The number of ether oxygens (including phenoxy) is 2. The van der Waals surface area contributed by atoms with Gasteiger partial charge in [0.1, 0.15) is 6.04 Å². The smallest absolute Gasteiger partial charge is 0.358 e. The summed E-state index contributed by atoms with van der Waals surface area (Å²) in [6, 6.07) is 10.5. The van der Waals surface area contributed by atoms with E-state index >= 15 is 0 Å². The summed E-state index contributed by atoms with van der Waals surface area (Å²) in [6.07, 6.45) is 3.50. The van der Waals surface area contributed by atoms with Gasteiger partial charge in [0, 0.05) is 25.7 Å². The number of rotatable bonds is 8. The molecule has 0 spiro atoms. The minimum atomic E-state index is -0.563. The molecule has 1 aromatic heterocycles. The van der Waals surface area contributed by atoms with Crippen molar-refractivity contribution < 1.29 is 23.9 Å². The fourth-order valence-corrected chi connectivity index (χ4v) is 3.94. The van der Waals surface area contributed by atoms with Crippen LogP contribution in [0.3, 0.4) is 0 Å². The zero-order valence-electron chi connectivity index (χ0n) is 18.4. The van der Waals surface area contributed by atoms with Crippen molar-refractivity contribution in [2.24, 2.45) is 0 Å². The van der Waals surface area contributed by atoms with Crippen LogP contribution in [-0.4, -0.2) is 76.3 Å². The number of carbonyl (C=O) groups excluding carboxylic acids is 3. The van der Waals surface area contributed by atoms with Crippen LogP contribution in [0.25, 0.3) is 5.69 Å². The van der Waals surface area contributed by atoms with E-state index in [0.29, 0.717) is 24.7 Å². The maximum atomic E-state index is 12.9. The zero-order valence-corrected chi connectivity index (χ0v) is 18.4. The van der Waals surface area contributed by atoms with Crippen LogP contribution < -0.4 is 4.74 Å². The van der Waals surface area contributed by atoms with Crippen molar-refractivity contribution in [1.82, 2.24) is 19.6 Å². The first-order chi connectivity index (χ1) is 15.5. The van der Waals surface area contributed by atoms with E-state index in [4.69, 9.17) is 9.47 Å². The van der Waals surface area contributed by atoms with Crippen LogP contribution in [0, 0.1) is 0 Å². The summed E-state index contributed by atoms with van der Waals surface area (Å²) in [5.41, 5.74) is 0.782. The average Bonchev–Trinajstić information content (AvgIpc) is 3.38. The molecular weight excluding hydrogens is 412 g/mol. The first-order valence-electron chi connectivity index (χ1n) is 11.0. The highest BCUT2D eigenvalue weighted by atomic mass is 16.5. The number of nitrogens with zero attached hydrogens (tertiary/aromatic N) is 4. The molecule has 1 atom stereocenters. The molecule has 2 fully saturated rings. The summed E-state index contributed by atoms with van der Waals surface area (Å²) < 4.78 is 12.3. The van der Waals surface area contributed by atoms with Crippen molar-refractivity contribution in [3.8, 4) is 11.6 Å². The molecule has 1 aliphatic carbocycles. The summed E-state index contributed by atoms with van der Waals surface area (Å²) in [7, 11) is 1.81. The lowest BCUT2D eigenvalue weighted by Crippen LogP contribution is -2.48. The third-order valence-corrected chi connectivity index (χ3v) is 5.81. The molecule has 1 saturated heterocycles. The Morgan fingerprint density at radius 2 is 1.91 bits per heavy atom. The third kappa shape index (κ3) is 4.61. The molecule has 2 amide bonds. The number of carbonyl (C=O) groups is 3. The van der Waals surface area contributed by atoms with E-state index in [9.17, 15) is 14.4 Å². The number of benzene rings is 1. The van der Waals surface area contributed by atoms with Crippen molar-refractivity contribution in [2.75, 3.05) is 26.8 Å². The number of esters is 1. The molecule has 0 radical (unpaired) electrons. The number of likely N-dealkylation sites (N-methyl/N-ethyl adjacent to an activating group) is 1. The Labute approximate surface area is 186 Å². The Morgan fingerprint density at radius 3 is 2.59 bits per heavy atom. The maximum Gasteiger partial charge on any atom is 0.358 e. The summed E-state index contributed by atoms with van der Waals surface area (Å²) >= 11 is 0. The Morgan fingerprint density at radius 1 is 1.16 bits per heavy atom. The van der Waals surface area contributed by atoms with E-state index in [2.05, 4.69) is 5.10 Å². The number of hydrogen-bond acceptors (Lipinski definition) is 6. The van der Waals surface area contributed by atoms with Gasteiger partial charge in [-0.15, -0.1) is 0 Å². The first-order valence-corrected chi connectivity index (χ1v) is 11.0. The molecule has 2 heterocycles. The van der Waals surface area contributed by atoms with Crippen LogP contribution in [0.2, 0.25) is 0 Å². The Hall–Kier alpha value is -3.36. The number of likely N-dealkylation sites (tertiary alicyclic amines) is 1. The van der Waals surface area contributed by atoms with Crippen molar-refractivity contribution in [3.63, 3.8) is 0 Å². The lowest BCUT2D eigenvalue weighted by Gasteiger charge is -2.28. The molecule has 9 nitrogen and oxygen atoms in total. The van der Waals surface area contributed by atoms with E-state index in [-0.39, 0.29) is 36.6 Å². The highest BCUT2D eigenvalue weighted by molar-refractivity contribution is 5.89. The van der Waals surface area contributed by atoms with Gasteiger partial charge in [-0.05, 0) is 44.7 Å². The molecule has 1 unspecified atom stereocenters. The predicted octanol–water partition coefficient (Wildman–Crippen LogP) is 2.04. The maximum absolute atomic E-state index is 12.9. The summed E-state index contributed by atoms with van der Waals surface area (Å²) in [6.45, 7) is 2.23. The molecule has 32 heavy (non-hydrogen) atoms. The van der Waals surface area contributed by atoms with Crippen LogP contribution in [0.1, 0.15) is 43.1 Å². The van der Waals surface area contributed by atoms with Gasteiger partial charge >= 0.3 is 5.97 Å². The van der Waals surface area contributed by atoms with E-state index in [1.165, 1.54) is 10.7 Å². The second-order valence-corrected chi connectivity index (χ2v) is 8.05. The van der Waals surface area contributed by atoms with Gasteiger partial charge in [0.25, 0.3) is 5.91 Å². The first kappa shape index (κ1) is 21.9. The van der Waals surface area contributed by atoms with Gasteiger partial charge in [-0.1, -0.05) is 18.2 Å². The largest absolute Gasteiger partial charge is 0.467 e. The fourth-order valence-electron chi connectivity index (χ4n) is 3.94. The molecule has 1 aliphatic heterocycles. The van der Waals surface area contributed by atoms with Crippen molar-refractivity contribution in [3.05, 3.63) is 42.1 Å². The van der Waals surface area contributed by atoms with E-state index in [1.807, 2.05) is 37.4 Å². The standard InChI is InChI=1S/C23H28N4O5/c1-3-31-23(30)18-14-21(27(24-18)17-8-5-4-6-9-17)32-15-20(28)26-13-7-10-19(26)22(29)25(2)16-11-12-16/h4-6,8-9,14,16,19H,3,7,10-13,15H2,1-2H3. The SMILES string of the molecule is CCOC(=O)c1cc(OCC(=O)N2CCCC2C(=O)N(C)C2CC2)n(-c2ccccc2)n1. The molecule has 0 N–H and O–H groups in total. The second kappa shape index (κ2) is 9.42. The predicted molar refractivity (Wildman–Crippen MR) is 116 cm³/mol. The minimum Gasteiger partial charge on any atom is -0.467 e. The van der Waals surface area contributed by atoms with Gasteiger partial charge in [-0.2, -0.15) is 5.10 Å². The van der Waals surface area contributed by atoms with Crippen LogP contribution in [0.5, 0.6) is 5.88 Å². The van der Waals surface area contributed by atoms with E-state index in [1.54, 1.807) is 16.7 Å².